The van der Waals surface area contributed by atoms with Gasteiger partial charge in [-0.15, -0.1) is 0 Å². The third-order valence-corrected chi connectivity index (χ3v) is 2.39. The highest BCUT2D eigenvalue weighted by Gasteiger charge is 2.09. The lowest BCUT2D eigenvalue weighted by atomic mass is 10.3. The van der Waals surface area contributed by atoms with Gasteiger partial charge in [-0.25, -0.2) is 4.98 Å². The molecule has 72 valence electrons. The van der Waals surface area contributed by atoms with E-state index in [2.05, 4.69) is 10.1 Å². The Kier molecular flexibility index (Phi) is 2.44. The van der Waals surface area contributed by atoms with Crippen molar-refractivity contribution in [2.24, 2.45) is 7.05 Å². The monoisotopic (exact) mass is 227 g/mol. The van der Waals surface area contributed by atoms with Crippen molar-refractivity contribution < 1.29 is 0 Å². The fourth-order valence-corrected chi connectivity index (χ4v) is 1.55. The Hall–Kier alpha value is -1.06. The number of halogens is 2. The molecule has 0 saturated carbocycles. The van der Waals surface area contributed by atoms with Crippen LogP contribution in [0.4, 0.5) is 0 Å². The zero-order chi connectivity index (χ0) is 10.1. The van der Waals surface area contributed by atoms with Crippen molar-refractivity contribution in [3.63, 3.8) is 0 Å². The van der Waals surface area contributed by atoms with Gasteiger partial charge in [0.2, 0.25) is 0 Å². The Morgan fingerprint density at radius 3 is 2.64 bits per heavy atom. The van der Waals surface area contributed by atoms with E-state index in [0.29, 0.717) is 15.9 Å². The Morgan fingerprint density at radius 2 is 2.00 bits per heavy atom. The summed E-state index contributed by atoms with van der Waals surface area (Å²) >= 11 is 11.8. The van der Waals surface area contributed by atoms with Crippen molar-refractivity contribution in [1.82, 2.24) is 14.8 Å². The maximum Gasteiger partial charge on any atom is 0.129 e. The predicted molar refractivity (Wildman–Crippen MR) is 56.5 cm³/mol. The van der Waals surface area contributed by atoms with Crippen LogP contribution in [0.3, 0.4) is 0 Å². The van der Waals surface area contributed by atoms with Gasteiger partial charge in [-0.1, -0.05) is 23.2 Å². The zero-order valence-corrected chi connectivity index (χ0v) is 8.92. The molecule has 3 nitrogen and oxygen atoms in total. The Balaban J connectivity index is 2.62. The van der Waals surface area contributed by atoms with Gasteiger partial charge in [-0.2, -0.15) is 5.10 Å². The Bertz CT molecular complexity index is 465. The van der Waals surface area contributed by atoms with Crippen molar-refractivity contribution in [2.75, 3.05) is 0 Å². The van der Waals surface area contributed by atoms with Crippen LogP contribution < -0.4 is 0 Å². The molecule has 0 radical (unpaired) electrons. The second kappa shape index (κ2) is 3.59. The molecule has 0 atom stereocenters. The summed E-state index contributed by atoms with van der Waals surface area (Å²) < 4.78 is 1.70. The number of aromatic nitrogens is 3. The smallest absolute Gasteiger partial charge is 0.129 e. The van der Waals surface area contributed by atoms with E-state index in [1.165, 1.54) is 0 Å². The molecule has 0 N–H and O–H groups in total. The molecule has 0 spiro atoms. The highest BCUT2D eigenvalue weighted by molar-refractivity contribution is 6.34. The molecule has 0 fully saturated rings. The average Bonchev–Trinajstić information content (AvgIpc) is 2.56. The quantitative estimate of drug-likeness (QED) is 0.702. The minimum Gasteiger partial charge on any atom is -0.266 e. The van der Waals surface area contributed by atoms with Crippen molar-refractivity contribution in [3.8, 4) is 11.4 Å². The minimum absolute atomic E-state index is 0.422. The van der Waals surface area contributed by atoms with Crippen molar-refractivity contribution in [1.29, 1.82) is 0 Å². The van der Waals surface area contributed by atoms with Crippen LogP contribution in [0.1, 0.15) is 0 Å². The lowest BCUT2D eigenvalue weighted by molar-refractivity contribution is 0.773. The molecule has 2 rings (SSSR count). The first-order chi connectivity index (χ1) is 6.68. The molecule has 0 bridgehead atoms. The maximum atomic E-state index is 6.00. The molecule has 2 aromatic heterocycles. The van der Waals surface area contributed by atoms with E-state index in [1.807, 2.05) is 13.1 Å². The normalized spacial score (nSPS) is 10.5. The van der Waals surface area contributed by atoms with E-state index in [1.54, 1.807) is 23.0 Å². The van der Waals surface area contributed by atoms with Crippen LogP contribution >= 0.6 is 23.2 Å². The number of aryl methyl sites for hydroxylation is 1. The first kappa shape index (κ1) is 9.49. The summed E-state index contributed by atoms with van der Waals surface area (Å²) in [7, 11) is 1.83. The largest absolute Gasteiger partial charge is 0.266 e. The molecule has 0 aliphatic carbocycles. The number of rotatable bonds is 1. The lowest BCUT2D eigenvalue weighted by Gasteiger charge is -2.03. The van der Waals surface area contributed by atoms with Gasteiger partial charge in [0.15, 0.2) is 0 Å². The van der Waals surface area contributed by atoms with Crippen LogP contribution in [0, 0.1) is 0 Å². The average molecular weight is 228 g/mol. The van der Waals surface area contributed by atoms with Gasteiger partial charge in [0.25, 0.3) is 0 Å². The summed E-state index contributed by atoms with van der Waals surface area (Å²) in [5, 5.41) is 5.03. The molecule has 5 heteroatoms. The molecular formula is C9H7Cl2N3. The van der Waals surface area contributed by atoms with Crippen molar-refractivity contribution in [3.05, 3.63) is 34.6 Å². The van der Waals surface area contributed by atoms with Gasteiger partial charge in [-0.05, 0) is 18.2 Å². The van der Waals surface area contributed by atoms with Crippen LogP contribution in [0.25, 0.3) is 11.4 Å². The highest BCUT2D eigenvalue weighted by Crippen LogP contribution is 2.26. The van der Waals surface area contributed by atoms with Gasteiger partial charge in [0.05, 0.1) is 10.7 Å². The second-order valence-corrected chi connectivity index (χ2v) is 3.60. The fraction of sp³-hybridized carbons (Fsp3) is 0.111. The van der Waals surface area contributed by atoms with Crippen LogP contribution in [-0.2, 0) is 7.05 Å². The molecule has 0 aromatic carbocycles. The van der Waals surface area contributed by atoms with Crippen molar-refractivity contribution in [2.45, 2.75) is 0 Å². The van der Waals surface area contributed by atoms with E-state index in [-0.39, 0.29) is 0 Å². The van der Waals surface area contributed by atoms with Gasteiger partial charge in [0, 0.05) is 13.2 Å². The summed E-state index contributed by atoms with van der Waals surface area (Å²) in [4.78, 5) is 4.15. The molecule has 2 heterocycles. The van der Waals surface area contributed by atoms with E-state index in [9.17, 15) is 0 Å². The lowest BCUT2D eigenvalue weighted by Crippen LogP contribution is -1.95. The molecule has 14 heavy (non-hydrogen) atoms. The third-order valence-electron chi connectivity index (χ3n) is 1.88. The van der Waals surface area contributed by atoms with E-state index >= 15 is 0 Å². The molecule has 0 aliphatic rings. The summed E-state index contributed by atoms with van der Waals surface area (Å²) in [6.45, 7) is 0. The van der Waals surface area contributed by atoms with E-state index < -0.39 is 0 Å². The molecule has 0 aliphatic heterocycles. The standard InChI is InChI=1S/C9H7Cl2N3/c1-14-7(4-5-12-14)9-6(10)2-3-8(11)13-9/h2-5H,1H3. The highest BCUT2D eigenvalue weighted by atomic mass is 35.5. The topological polar surface area (TPSA) is 30.7 Å². The first-order valence-corrected chi connectivity index (χ1v) is 4.74. The third kappa shape index (κ3) is 1.61. The van der Waals surface area contributed by atoms with Gasteiger partial charge in [-0.3, -0.25) is 4.68 Å². The zero-order valence-electron chi connectivity index (χ0n) is 7.41. The van der Waals surface area contributed by atoms with Gasteiger partial charge in [0.1, 0.15) is 10.8 Å². The number of hydrogen-bond donors (Lipinski definition) is 0. The summed E-state index contributed by atoms with van der Waals surface area (Å²) in [5.74, 6) is 0. The number of nitrogens with zero attached hydrogens (tertiary/aromatic N) is 3. The second-order valence-electron chi connectivity index (χ2n) is 2.80. The Morgan fingerprint density at radius 1 is 1.21 bits per heavy atom. The maximum absolute atomic E-state index is 6.00. The minimum atomic E-state index is 0.422. The van der Waals surface area contributed by atoms with E-state index in [0.717, 1.165) is 5.69 Å². The summed E-state index contributed by atoms with van der Waals surface area (Å²) in [5.41, 5.74) is 1.50. The van der Waals surface area contributed by atoms with Crippen LogP contribution in [0.2, 0.25) is 10.2 Å². The molecule has 0 saturated heterocycles. The number of hydrogen-bond acceptors (Lipinski definition) is 2. The fourth-order valence-electron chi connectivity index (χ4n) is 1.20. The van der Waals surface area contributed by atoms with E-state index in [4.69, 9.17) is 23.2 Å². The molecule has 0 amide bonds. The van der Waals surface area contributed by atoms with Gasteiger partial charge >= 0.3 is 0 Å². The summed E-state index contributed by atoms with van der Waals surface area (Å²) in [6, 6.07) is 5.22. The molecule has 0 unspecified atom stereocenters. The van der Waals surface area contributed by atoms with Crippen LogP contribution in [-0.4, -0.2) is 14.8 Å². The first-order valence-electron chi connectivity index (χ1n) is 3.99. The predicted octanol–water partition coefficient (Wildman–Crippen LogP) is 2.79. The van der Waals surface area contributed by atoms with Gasteiger partial charge < -0.3 is 0 Å². The molecular weight excluding hydrogens is 221 g/mol. The summed E-state index contributed by atoms with van der Waals surface area (Å²) in [6.07, 6.45) is 1.69. The number of pyridine rings is 1. The van der Waals surface area contributed by atoms with Crippen LogP contribution in [0.5, 0.6) is 0 Å². The SMILES string of the molecule is Cn1nccc1-c1nc(Cl)ccc1Cl. The van der Waals surface area contributed by atoms with Crippen molar-refractivity contribution >= 4 is 23.2 Å². The Labute approximate surface area is 91.3 Å². The molecule has 2 aromatic rings. The van der Waals surface area contributed by atoms with Crippen LogP contribution in [0.15, 0.2) is 24.4 Å².